The maximum absolute atomic E-state index is 12.0. The Morgan fingerprint density at radius 3 is 2.54 bits per heavy atom. The summed E-state index contributed by atoms with van der Waals surface area (Å²) in [6, 6.07) is 13.0. The van der Waals surface area contributed by atoms with E-state index in [1.807, 2.05) is 54.8 Å². The first-order chi connectivity index (χ1) is 12.0. The van der Waals surface area contributed by atoms with E-state index in [-0.39, 0.29) is 36.4 Å². The van der Waals surface area contributed by atoms with E-state index in [0.717, 1.165) is 10.6 Å². The zero-order valence-corrected chi connectivity index (χ0v) is 18.0. The molecule has 0 aliphatic heterocycles. The van der Waals surface area contributed by atoms with Crippen molar-refractivity contribution in [1.82, 2.24) is 10.6 Å². The van der Waals surface area contributed by atoms with Gasteiger partial charge in [0, 0.05) is 17.1 Å². The van der Waals surface area contributed by atoms with Gasteiger partial charge < -0.3 is 21.1 Å². The minimum Gasteiger partial charge on any atom is -0.383 e. The van der Waals surface area contributed by atoms with Gasteiger partial charge in [0.05, 0.1) is 6.54 Å². The van der Waals surface area contributed by atoms with E-state index in [2.05, 4.69) is 20.9 Å². The zero-order valence-electron chi connectivity index (χ0n) is 14.9. The summed E-state index contributed by atoms with van der Waals surface area (Å²) in [5, 5.41) is 21.4. The van der Waals surface area contributed by atoms with Crippen LogP contribution >= 0.6 is 35.3 Å². The Morgan fingerprint density at radius 2 is 1.92 bits per heavy atom. The van der Waals surface area contributed by atoms with Crippen molar-refractivity contribution in [2.24, 2.45) is 4.99 Å². The molecular weight excluding hydrogens is 463 g/mol. The van der Waals surface area contributed by atoms with Crippen LogP contribution in [0.5, 0.6) is 0 Å². The van der Waals surface area contributed by atoms with E-state index in [4.69, 9.17) is 0 Å². The Bertz CT molecular complexity index is 690. The summed E-state index contributed by atoms with van der Waals surface area (Å²) in [5.41, 5.74) is -0.266. The molecule has 0 saturated heterocycles. The summed E-state index contributed by atoms with van der Waals surface area (Å²) in [6.07, 6.45) is 0. The zero-order chi connectivity index (χ0) is 18.1. The van der Waals surface area contributed by atoms with Gasteiger partial charge in [-0.15, -0.1) is 35.3 Å². The van der Waals surface area contributed by atoms with Crippen LogP contribution < -0.4 is 16.0 Å². The van der Waals surface area contributed by atoms with E-state index < -0.39 is 5.60 Å². The number of thiophene rings is 1. The highest BCUT2D eigenvalue weighted by Crippen LogP contribution is 2.24. The number of nitrogens with zero attached hydrogens (tertiary/aromatic N) is 1. The SMILES string of the molecule is CCNC(=NCC(=O)Nc1ccccc1)NCC(C)(O)c1cccs1.I. The molecule has 26 heavy (non-hydrogen) atoms. The highest BCUT2D eigenvalue weighted by molar-refractivity contribution is 14.0. The summed E-state index contributed by atoms with van der Waals surface area (Å²) < 4.78 is 0. The lowest BCUT2D eigenvalue weighted by Crippen LogP contribution is -2.44. The number of nitrogens with one attached hydrogen (secondary N) is 3. The predicted octanol–water partition coefficient (Wildman–Crippen LogP) is 2.77. The molecule has 0 radical (unpaired) electrons. The van der Waals surface area contributed by atoms with Crippen LogP contribution in [0.3, 0.4) is 0 Å². The number of para-hydroxylation sites is 1. The fraction of sp³-hybridized carbons (Fsp3) is 0.333. The van der Waals surface area contributed by atoms with Gasteiger partial charge >= 0.3 is 0 Å². The van der Waals surface area contributed by atoms with E-state index in [9.17, 15) is 9.90 Å². The Hall–Kier alpha value is -1.65. The Morgan fingerprint density at radius 1 is 1.19 bits per heavy atom. The fourth-order valence-electron chi connectivity index (χ4n) is 2.14. The van der Waals surface area contributed by atoms with E-state index in [0.29, 0.717) is 19.0 Å². The summed E-state index contributed by atoms with van der Waals surface area (Å²) in [4.78, 5) is 17.1. The smallest absolute Gasteiger partial charge is 0.246 e. The average Bonchev–Trinajstić information content (AvgIpc) is 3.14. The van der Waals surface area contributed by atoms with Gasteiger partial charge in [-0.1, -0.05) is 24.3 Å². The number of aliphatic imine (C=N–C) groups is 1. The maximum atomic E-state index is 12.0. The molecule has 1 aromatic carbocycles. The largest absolute Gasteiger partial charge is 0.383 e. The van der Waals surface area contributed by atoms with Gasteiger partial charge in [0.15, 0.2) is 5.96 Å². The van der Waals surface area contributed by atoms with Crippen LogP contribution in [-0.4, -0.2) is 36.6 Å². The number of rotatable bonds is 7. The van der Waals surface area contributed by atoms with Crippen LogP contribution in [0.2, 0.25) is 0 Å². The minimum atomic E-state index is -1.00. The van der Waals surface area contributed by atoms with Crippen molar-refractivity contribution in [2.75, 3.05) is 25.0 Å². The van der Waals surface area contributed by atoms with E-state index >= 15 is 0 Å². The van der Waals surface area contributed by atoms with Crippen LogP contribution in [0.15, 0.2) is 52.8 Å². The average molecular weight is 488 g/mol. The number of anilines is 1. The predicted molar refractivity (Wildman–Crippen MR) is 118 cm³/mol. The molecule has 0 aliphatic rings. The van der Waals surface area contributed by atoms with Crippen molar-refractivity contribution >= 4 is 52.9 Å². The molecule has 0 saturated carbocycles. The molecule has 1 amide bonds. The first kappa shape index (κ1) is 22.4. The number of benzene rings is 1. The van der Waals surface area contributed by atoms with Crippen molar-refractivity contribution in [3.05, 3.63) is 52.7 Å². The molecule has 2 rings (SSSR count). The number of aliphatic hydroxyl groups is 1. The summed E-state index contributed by atoms with van der Waals surface area (Å²) in [5.74, 6) is 0.288. The van der Waals surface area contributed by atoms with Crippen molar-refractivity contribution in [3.63, 3.8) is 0 Å². The normalized spacial score (nSPS) is 13.3. The number of guanidine groups is 1. The monoisotopic (exact) mass is 488 g/mol. The fourth-order valence-corrected chi connectivity index (χ4v) is 2.93. The van der Waals surface area contributed by atoms with Crippen molar-refractivity contribution < 1.29 is 9.90 Å². The summed E-state index contributed by atoms with van der Waals surface area (Å²) >= 11 is 1.50. The topological polar surface area (TPSA) is 85.8 Å². The molecule has 1 heterocycles. The van der Waals surface area contributed by atoms with Crippen LogP contribution in [-0.2, 0) is 10.4 Å². The maximum Gasteiger partial charge on any atom is 0.246 e. The second kappa shape index (κ2) is 11.1. The number of hydrogen-bond donors (Lipinski definition) is 4. The number of carbonyl (C=O) groups excluding carboxylic acids is 1. The first-order valence-corrected chi connectivity index (χ1v) is 9.02. The van der Waals surface area contributed by atoms with Gasteiger partial charge in [-0.2, -0.15) is 0 Å². The molecule has 8 heteroatoms. The summed E-state index contributed by atoms with van der Waals surface area (Å²) in [7, 11) is 0. The number of carbonyl (C=O) groups is 1. The second-order valence-electron chi connectivity index (χ2n) is 5.71. The van der Waals surface area contributed by atoms with Gasteiger partial charge in [0.25, 0.3) is 0 Å². The molecule has 4 N–H and O–H groups in total. The Balaban J connectivity index is 0.00000338. The van der Waals surface area contributed by atoms with Crippen LogP contribution in [0.4, 0.5) is 5.69 Å². The molecule has 1 unspecified atom stereocenters. The molecular formula is C18H25IN4O2S. The molecule has 142 valence electrons. The first-order valence-electron chi connectivity index (χ1n) is 8.14. The number of halogens is 1. The molecule has 0 spiro atoms. The quantitative estimate of drug-likeness (QED) is 0.274. The molecule has 1 aromatic heterocycles. The van der Waals surface area contributed by atoms with Gasteiger partial charge in [-0.05, 0) is 37.4 Å². The standard InChI is InChI=1S/C18H24N4O2S.HI/c1-3-19-17(21-13-18(2,24)15-10-7-11-25-15)20-12-16(23)22-14-8-5-4-6-9-14;/h4-11,24H,3,12-13H2,1-2H3,(H,22,23)(H2,19,20,21);1H. The van der Waals surface area contributed by atoms with Crippen molar-refractivity contribution in [1.29, 1.82) is 0 Å². The molecule has 1 atom stereocenters. The number of hydrogen-bond acceptors (Lipinski definition) is 4. The molecule has 0 bridgehead atoms. The lowest BCUT2D eigenvalue weighted by atomic mass is 10.1. The second-order valence-corrected chi connectivity index (χ2v) is 6.66. The molecule has 2 aromatic rings. The molecule has 6 nitrogen and oxygen atoms in total. The summed E-state index contributed by atoms with van der Waals surface area (Å²) in [6.45, 7) is 4.63. The van der Waals surface area contributed by atoms with Crippen LogP contribution in [0.25, 0.3) is 0 Å². The molecule has 0 aliphatic carbocycles. The van der Waals surface area contributed by atoms with Gasteiger partial charge in [-0.3, -0.25) is 4.79 Å². The van der Waals surface area contributed by atoms with Crippen LogP contribution in [0.1, 0.15) is 18.7 Å². The Labute approximate surface area is 175 Å². The van der Waals surface area contributed by atoms with E-state index in [1.54, 1.807) is 6.92 Å². The van der Waals surface area contributed by atoms with Gasteiger partial charge in [-0.25, -0.2) is 4.99 Å². The number of amides is 1. The third-order valence-electron chi connectivity index (χ3n) is 3.43. The highest BCUT2D eigenvalue weighted by atomic mass is 127. The van der Waals surface area contributed by atoms with Gasteiger partial charge in [0.2, 0.25) is 5.91 Å². The van der Waals surface area contributed by atoms with E-state index in [1.165, 1.54) is 11.3 Å². The lowest BCUT2D eigenvalue weighted by molar-refractivity contribution is -0.114. The lowest BCUT2D eigenvalue weighted by Gasteiger charge is -2.23. The van der Waals surface area contributed by atoms with Gasteiger partial charge in [0.1, 0.15) is 12.1 Å². The molecule has 0 fully saturated rings. The van der Waals surface area contributed by atoms with Crippen molar-refractivity contribution in [3.8, 4) is 0 Å². The highest BCUT2D eigenvalue weighted by Gasteiger charge is 2.24. The Kier molecular flexibility index (Phi) is 9.60. The third-order valence-corrected chi connectivity index (χ3v) is 4.56. The minimum absolute atomic E-state index is 0. The van der Waals surface area contributed by atoms with Crippen molar-refractivity contribution in [2.45, 2.75) is 19.4 Å². The van der Waals surface area contributed by atoms with Crippen LogP contribution in [0, 0.1) is 0 Å². The third kappa shape index (κ3) is 7.30.